The molecule has 0 aromatic heterocycles. The Bertz CT molecular complexity index is 684. The van der Waals surface area contributed by atoms with Crippen LogP contribution < -0.4 is 20.4 Å². The van der Waals surface area contributed by atoms with Crippen molar-refractivity contribution < 1.29 is 14.5 Å². The predicted octanol–water partition coefficient (Wildman–Crippen LogP) is 2.19. The second kappa shape index (κ2) is 12.4. The molecule has 3 amide bonds. The van der Waals surface area contributed by atoms with Crippen LogP contribution in [0.1, 0.15) is 46.1 Å². The molecule has 0 saturated carbocycles. The van der Waals surface area contributed by atoms with Crippen molar-refractivity contribution in [1.82, 2.24) is 10.2 Å². The van der Waals surface area contributed by atoms with Crippen LogP contribution in [0.5, 0.6) is 0 Å². The molecule has 0 spiro atoms. The SMILES string of the molecule is CCC(CC)C(=O)N(CC[NH+](C)C)Cc1cc(NC(=O)NC(C)C)ccc1N(C)C. The van der Waals surface area contributed by atoms with Crippen LogP contribution in [0.3, 0.4) is 0 Å². The lowest BCUT2D eigenvalue weighted by Crippen LogP contribution is -3.06. The van der Waals surface area contributed by atoms with Crippen LogP contribution in [0.2, 0.25) is 0 Å². The van der Waals surface area contributed by atoms with Crippen molar-refractivity contribution in [2.45, 2.75) is 53.1 Å². The second-order valence-corrected chi connectivity index (χ2v) is 8.72. The summed E-state index contributed by atoms with van der Waals surface area (Å²) in [6.45, 7) is 10.1. The quantitative estimate of drug-likeness (QED) is 0.514. The molecule has 7 heteroatoms. The highest BCUT2D eigenvalue weighted by atomic mass is 16.2. The number of anilines is 2. The van der Waals surface area contributed by atoms with Gasteiger partial charge in [0, 0.05) is 44.0 Å². The van der Waals surface area contributed by atoms with Crippen molar-refractivity contribution >= 4 is 23.3 Å². The number of rotatable bonds is 11. The van der Waals surface area contributed by atoms with Crippen LogP contribution in [-0.2, 0) is 11.3 Å². The predicted molar refractivity (Wildman–Crippen MR) is 125 cm³/mol. The number of hydrogen-bond donors (Lipinski definition) is 3. The number of nitrogens with zero attached hydrogens (tertiary/aromatic N) is 2. The summed E-state index contributed by atoms with van der Waals surface area (Å²) in [5.41, 5.74) is 2.79. The van der Waals surface area contributed by atoms with Crippen LogP contribution >= 0.6 is 0 Å². The lowest BCUT2D eigenvalue weighted by molar-refractivity contribution is -0.857. The third kappa shape index (κ3) is 8.22. The Balaban J connectivity index is 3.18. The maximum atomic E-state index is 13.2. The van der Waals surface area contributed by atoms with Gasteiger partial charge in [-0.05, 0) is 50.5 Å². The zero-order chi connectivity index (χ0) is 22.8. The zero-order valence-electron chi connectivity index (χ0n) is 20.1. The van der Waals surface area contributed by atoms with Crippen molar-refractivity contribution in [3.63, 3.8) is 0 Å². The number of urea groups is 1. The molecule has 0 atom stereocenters. The average Bonchev–Trinajstić information content (AvgIpc) is 2.64. The smallest absolute Gasteiger partial charge is 0.319 e. The van der Waals surface area contributed by atoms with Gasteiger partial charge in [0.1, 0.15) is 0 Å². The van der Waals surface area contributed by atoms with Gasteiger partial charge in [-0.2, -0.15) is 0 Å². The number of carbonyl (C=O) groups excluding carboxylic acids is 2. The van der Waals surface area contributed by atoms with Gasteiger partial charge in [0.15, 0.2) is 0 Å². The molecule has 0 aliphatic carbocycles. The Morgan fingerprint density at radius 1 is 1.10 bits per heavy atom. The van der Waals surface area contributed by atoms with Gasteiger partial charge in [-0.3, -0.25) is 4.79 Å². The fourth-order valence-corrected chi connectivity index (χ4v) is 3.38. The molecule has 0 saturated heterocycles. The highest BCUT2D eigenvalue weighted by Crippen LogP contribution is 2.25. The van der Waals surface area contributed by atoms with Gasteiger partial charge in [0.25, 0.3) is 0 Å². The van der Waals surface area contributed by atoms with Crippen LogP contribution in [0, 0.1) is 5.92 Å². The number of carbonyl (C=O) groups is 2. The van der Waals surface area contributed by atoms with E-state index in [4.69, 9.17) is 0 Å². The third-order valence-electron chi connectivity index (χ3n) is 5.13. The van der Waals surface area contributed by atoms with E-state index in [1.807, 2.05) is 55.9 Å². The van der Waals surface area contributed by atoms with Crippen LogP contribution in [0.4, 0.5) is 16.2 Å². The van der Waals surface area contributed by atoms with Crippen molar-refractivity contribution in [3.05, 3.63) is 23.8 Å². The van der Waals surface area contributed by atoms with E-state index in [0.29, 0.717) is 13.1 Å². The first-order valence-corrected chi connectivity index (χ1v) is 11.0. The largest absolute Gasteiger partial charge is 0.377 e. The summed E-state index contributed by atoms with van der Waals surface area (Å²) < 4.78 is 0. The standard InChI is InChI=1S/C23H41N5O2/c1-9-18(10-2)22(29)28(14-13-26(5)6)16-19-15-20(11-12-21(19)27(7)8)25-23(30)24-17(3)4/h11-12,15,17-18H,9-10,13-14,16H2,1-8H3,(H2,24,25,30)/p+1. The monoisotopic (exact) mass is 420 g/mol. The Morgan fingerprint density at radius 3 is 2.23 bits per heavy atom. The molecule has 30 heavy (non-hydrogen) atoms. The molecule has 3 N–H and O–H groups in total. The minimum Gasteiger partial charge on any atom is -0.377 e. The summed E-state index contributed by atoms with van der Waals surface area (Å²) in [7, 11) is 8.19. The van der Waals surface area contributed by atoms with E-state index in [1.54, 1.807) is 0 Å². The summed E-state index contributed by atoms with van der Waals surface area (Å²) in [5.74, 6) is 0.255. The normalized spacial score (nSPS) is 11.2. The molecule has 1 aromatic carbocycles. The van der Waals surface area contributed by atoms with Crippen molar-refractivity contribution in [3.8, 4) is 0 Å². The number of hydrogen-bond acceptors (Lipinski definition) is 3. The lowest BCUT2D eigenvalue weighted by atomic mass is 10.0. The van der Waals surface area contributed by atoms with Crippen molar-refractivity contribution in [2.75, 3.05) is 51.5 Å². The Kier molecular flexibility index (Phi) is 10.7. The summed E-state index contributed by atoms with van der Waals surface area (Å²) in [5, 5.41) is 5.74. The lowest BCUT2D eigenvalue weighted by Gasteiger charge is -2.29. The topological polar surface area (TPSA) is 69.1 Å². The molecule has 1 aromatic rings. The molecule has 0 radical (unpaired) electrons. The summed E-state index contributed by atoms with van der Waals surface area (Å²) in [4.78, 5) is 30.7. The van der Waals surface area contributed by atoms with Crippen LogP contribution in [0.25, 0.3) is 0 Å². The maximum Gasteiger partial charge on any atom is 0.319 e. The maximum absolute atomic E-state index is 13.2. The molecule has 0 aliphatic heterocycles. The number of amides is 3. The van der Waals surface area contributed by atoms with Gasteiger partial charge in [0.05, 0.1) is 27.2 Å². The van der Waals surface area contributed by atoms with Gasteiger partial charge in [-0.15, -0.1) is 0 Å². The van der Waals surface area contributed by atoms with Gasteiger partial charge in [0.2, 0.25) is 5.91 Å². The first kappa shape index (κ1) is 25.8. The minimum atomic E-state index is -0.227. The van der Waals surface area contributed by atoms with E-state index in [1.165, 1.54) is 4.90 Å². The fourth-order valence-electron chi connectivity index (χ4n) is 3.38. The Hall–Kier alpha value is -2.28. The molecule has 0 aliphatic rings. The third-order valence-corrected chi connectivity index (χ3v) is 5.13. The fraction of sp³-hybridized carbons (Fsp3) is 0.652. The number of quaternary nitrogens is 1. The van der Waals surface area contributed by atoms with E-state index in [0.717, 1.165) is 36.3 Å². The van der Waals surface area contributed by atoms with Gasteiger partial charge in [-0.1, -0.05) is 13.8 Å². The summed E-state index contributed by atoms with van der Waals surface area (Å²) in [6, 6.07) is 5.71. The molecule has 0 unspecified atom stereocenters. The van der Waals surface area contributed by atoms with Gasteiger partial charge < -0.3 is 25.3 Å². The zero-order valence-corrected chi connectivity index (χ0v) is 20.1. The van der Waals surface area contributed by atoms with Crippen LogP contribution in [0.15, 0.2) is 18.2 Å². The second-order valence-electron chi connectivity index (χ2n) is 8.72. The summed E-state index contributed by atoms with van der Waals surface area (Å²) in [6.07, 6.45) is 1.69. The van der Waals surface area contributed by atoms with Gasteiger partial charge in [-0.25, -0.2) is 4.79 Å². The molecule has 0 heterocycles. The van der Waals surface area contributed by atoms with E-state index in [9.17, 15) is 9.59 Å². The molecular formula is C23H42N5O2+. The minimum absolute atomic E-state index is 0.0445. The molecule has 1 rings (SSSR count). The van der Waals surface area contributed by atoms with E-state index < -0.39 is 0 Å². The highest BCUT2D eigenvalue weighted by molar-refractivity contribution is 5.90. The molecular weight excluding hydrogens is 378 g/mol. The summed E-state index contributed by atoms with van der Waals surface area (Å²) >= 11 is 0. The number of likely N-dealkylation sites (N-methyl/N-ethyl adjacent to an activating group) is 1. The Labute approximate surface area is 182 Å². The number of nitrogens with one attached hydrogen (secondary N) is 3. The first-order valence-electron chi connectivity index (χ1n) is 11.0. The average molecular weight is 421 g/mol. The molecule has 0 bridgehead atoms. The van der Waals surface area contributed by atoms with Crippen LogP contribution in [-0.4, -0.2) is 64.2 Å². The van der Waals surface area contributed by atoms with Crippen molar-refractivity contribution in [2.24, 2.45) is 5.92 Å². The van der Waals surface area contributed by atoms with E-state index >= 15 is 0 Å². The Morgan fingerprint density at radius 2 is 1.73 bits per heavy atom. The molecule has 0 fully saturated rings. The molecule has 7 nitrogen and oxygen atoms in total. The first-order chi connectivity index (χ1) is 14.1. The molecule has 170 valence electrons. The number of benzene rings is 1. The van der Waals surface area contributed by atoms with E-state index in [2.05, 4.69) is 38.6 Å². The van der Waals surface area contributed by atoms with Gasteiger partial charge >= 0.3 is 6.03 Å². The van der Waals surface area contributed by atoms with E-state index in [-0.39, 0.29) is 23.9 Å². The van der Waals surface area contributed by atoms with Crippen molar-refractivity contribution in [1.29, 1.82) is 0 Å². The highest BCUT2D eigenvalue weighted by Gasteiger charge is 2.23.